The predicted molar refractivity (Wildman–Crippen MR) is 136 cm³/mol. The van der Waals surface area contributed by atoms with Crippen LogP contribution in [-0.4, -0.2) is 67.3 Å². The Morgan fingerprint density at radius 2 is 1.59 bits per heavy atom. The van der Waals surface area contributed by atoms with Crippen LogP contribution in [0.25, 0.3) is 0 Å². The molecule has 0 aromatic rings. The standard InChI is InChI=1S/C29H40O10/c1-14-11-22(37-17(4)31)28(8)20(23(14)34)9-10-27(7)21-12-35-13-29(21,15(2)36-16(3)30)26(39-19(6)33)24(25(27)28)38-18(5)32/h11,15,20-22,24-26H,9-10,12-13H2,1-8H3/t15?,20-,21-,22+,24-,25?,26-,27-,28+,29+/m0/s1. The summed E-state index contributed by atoms with van der Waals surface area (Å²) < 4.78 is 29.8. The van der Waals surface area contributed by atoms with E-state index < -0.39 is 76.4 Å². The second-order valence-electron chi connectivity index (χ2n) is 12.2. The lowest BCUT2D eigenvalue weighted by Gasteiger charge is -2.68. The summed E-state index contributed by atoms with van der Waals surface area (Å²) in [7, 11) is 0. The van der Waals surface area contributed by atoms with Crippen molar-refractivity contribution < 1.29 is 47.7 Å². The minimum atomic E-state index is -1.05. The summed E-state index contributed by atoms with van der Waals surface area (Å²) >= 11 is 0. The minimum Gasteiger partial charge on any atom is -0.462 e. The van der Waals surface area contributed by atoms with E-state index in [1.54, 1.807) is 19.9 Å². The van der Waals surface area contributed by atoms with Crippen LogP contribution in [0.5, 0.6) is 0 Å². The molecule has 0 N–H and O–H groups in total. The molecule has 39 heavy (non-hydrogen) atoms. The van der Waals surface area contributed by atoms with Crippen LogP contribution in [0.3, 0.4) is 0 Å². The van der Waals surface area contributed by atoms with Gasteiger partial charge in [0, 0.05) is 50.9 Å². The SMILES string of the molecule is CC(=O)OC(C)[C@]12COC[C@H]1[C@]1(C)CC[C@H]3C(=O)C(C)=C[C@@H](OC(C)=O)[C@]3(C)C1[C@H](OC(C)=O)[C@@H]2OC(C)=O. The molecule has 2 unspecified atom stereocenters. The van der Waals surface area contributed by atoms with Gasteiger partial charge >= 0.3 is 23.9 Å². The van der Waals surface area contributed by atoms with Gasteiger partial charge in [0.25, 0.3) is 0 Å². The van der Waals surface area contributed by atoms with E-state index >= 15 is 0 Å². The zero-order valence-corrected chi connectivity index (χ0v) is 24.0. The van der Waals surface area contributed by atoms with Gasteiger partial charge in [-0.15, -0.1) is 0 Å². The molecule has 0 aromatic carbocycles. The molecule has 216 valence electrons. The molecular formula is C29H40O10. The van der Waals surface area contributed by atoms with Crippen LogP contribution in [0, 0.1) is 34.0 Å². The second-order valence-corrected chi connectivity index (χ2v) is 12.2. The van der Waals surface area contributed by atoms with Gasteiger partial charge in [-0.25, -0.2) is 0 Å². The molecule has 10 heteroatoms. The third-order valence-electron chi connectivity index (χ3n) is 10.0. The van der Waals surface area contributed by atoms with Crippen LogP contribution in [0.2, 0.25) is 0 Å². The van der Waals surface area contributed by atoms with E-state index in [0.717, 1.165) is 0 Å². The topological polar surface area (TPSA) is 132 Å². The normalized spacial score (nSPS) is 41.6. The second kappa shape index (κ2) is 10.0. The van der Waals surface area contributed by atoms with Crippen molar-refractivity contribution in [3.8, 4) is 0 Å². The molecule has 2 saturated carbocycles. The Morgan fingerprint density at radius 3 is 2.15 bits per heavy atom. The molecule has 0 aromatic heterocycles. The first-order valence-electron chi connectivity index (χ1n) is 13.6. The lowest BCUT2D eigenvalue weighted by Crippen LogP contribution is -2.74. The van der Waals surface area contributed by atoms with Crippen molar-refractivity contribution >= 4 is 29.7 Å². The molecule has 4 aliphatic rings. The van der Waals surface area contributed by atoms with E-state index in [9.17, 15) is 24.0 Å². The fourth-order valence-corrected chi connectivity index (χ4v) is 8.70. The van der Waals surface area contributed by atoms with Gasteiger partial charge in [0.2, 0.25) is 0 Å². The molecule has 10 atom stereocenters. The van der Waals surface area contributed by atoms with Crippen LogP contribution in [-0.2, 0) is 47.7 Å². The van der Waals surface area contributed by atoms with E-state index in [4.69, 9.17) is 23.7 Å². The maximum Gasteiger partial charge on any atom is 0.303 e. The predicted octanol–water partition coefficient (Wildman–Crippen LogP) is 2.95. The summed E-state index contributed by atoms with van der Waals surface area (Å²) in [6.07, 6.45) is -0.813. The van der Waals surface area contributed by atoms with Crippen LogP contribution in [0.1, 0.15) is 68.2 Å². The Balaban J connectivity index is 2.01. The summed E-state index contributed by atoms with van der Waals surface area (Å²) in [4.78, 5) is 63.3. The molecule has 0 spiro atoms. The largest absolute Gasteiger partial charge is 0.462 e. The zero-order chi connectivity index (χ0) is 29.1. The molecule has 1 heterocycles. The smallest absolute Gasteiger partial charge is 0.303 e. The van der Waals surface area contributed by atoms with E-state index in [1.807, 2.05) is 6.92 Å². The Kier molecular flexibility index (Phi) is 7.51. The number of carbonyl (C=O) groups is 5. The van der Waals surface area contributed by atoms with Gasteiger partial charge in [0.15, 0.2) is 11.9 Å². The van der Waals surface area contributed by atoms with Crippen molar-refractivity contribution in [3.05, 3.63) is 11.6 Å². The van der Waals surface area contributed by atoms with E-state index in [2.05, 4.69) is 6.92 Å². The number of allylic oxidation sites excluding steroid dienone is 1. The Bertz CT molecular complexity index is 1110. The van der Waals surface area contributed by atoms with Crippen molar-refractivity contribution in [2.75, 3.05) is 13.2 Å². The third kappa shape index (κ3) is 4.39. The molecule has 3 fully saturated rings. The van der Waals surface area contributed by atoms with Crippen LogP contribution in [0.15, 0.2) is 11.6 Å². The lowest BCUT2D eigenvalue weighted by molar-refractivity contribution is -0.283. The molecule has 0 amide bonds. The monoisotopic (exact) mass is 548 g/mol. The van der Waals surface area contributed by atoms with Crippen molar-refractivity contribution in [2.45, 2.75) is 92.6 Å². The van der Waals surface area contributed by atoms with Gasteiger partial charge in [0.05, 0.1) is 18.6 Å². The quantitative estimate of drug-likeness (QED) is 0.373. The summed E-state index contributed by atoms with van der Waals surface area (Å²) in [5, 5.41) is 0. The highest BCUT2D eigenvalue weighted by atomic mass is 16.6. The van der Waals surface area contributed by atoms with Gasteiger partial charge in [-0.3, -0.25) is 24.0 Å². The first-order chi connectivity index (χ1) is 18.1. The Morgan fingerprint density at radius 1 is 0.974 bits per heavy atom. The fourth-order valence-electron chi connectivity index (χ4n) is 8.70. The number of carbonyl (C=O) groups excluding carboxylic acids is 5. The molecule has 0 radical (unpaired) electrons. The van der Waals surface area contributed by atoms with E-state index in [-0.39, 0.29) is 18.3 Å². The number of hydrogen-bond donors (Lipinski definition) is 0. The molecule has 3 aliphatic carbocycles. The fraction of sp³-hybridized carbons (Fsp3) is 0.759. The highest BCUT2D eigenvalue weighted by Gasteiger charge is 2.76. The summed E-state index contributed by atoms with van der Waals surface area (Å²) in [6, 6.07) is 0. The van der Waals surface area contributed by atoms with Crippen LogP contribution >= 0.6 is 0 Å². The maximum absolute atomic E-state index is 13.6. The average Bonchev–Trinajstić information content (AvgIpc) is 3.26. The van der Waals surface area contributed by atoms with Gasteiger partial charge < -0.3 is 23.7 Å². The van der Waals surface area contributed by atoms with Gasteiger partial charge in [-0.2, -0.15) is 0 Å². The van der Waals surface area contributed by atoms with Gasteiger partial charge in [-0.1, -0.05) is 13.8 Å². The van der Waals surface area contributed by atoms with Gasteiger partial charge in [-0.05, 0) is 43.8 Å². The number of ketones is 1. The van der Waals surface area contributed by atoms with Crippen molar-refractivity contribution in [3.63, 3.8) is 0 Å². The van der Waals surface area contributed by atoms with Crippen LogP contribution in [0.4, 0.5) is 0 Å². The van der Waals surface area contributed by atoms with Crippen LogP contribution < -0.4 is 0 Å². The van der Waals surface area contributed by atoms with E-state index in [1.165, 1.54) is 27.7 Å². The summed E-state index contributed by atoms with van der Waals surface area (Å²) in [6.45, 7) is 13.1. The van der Waals surface area contributed by atoms with Crippen molar-refractivity contribution in [1.82, 2.24) is 0 Å². The van der Waals surface area contributed by atoms with Gasteiger partial charge in [0.1, 0.15) is 18.3 Å². The average molecular weight is 549 g/mol. The van der Waals surface area contributed by atoms with Crippen molar-refractivity contribution in [2.24, 2.45) is 34.0 Å². The first kappa shape index (κ1) is 29.2. The molecule has 1 aliphatic heterocycles. The molecule has 1 saturated heterocycles. The Hall–Kier alpha value is -2.75. The minimum absolute atomic E-state index is 0.0404. The maximum atomic E-state index is 13.6. The van der Waals surface area contributed by atoms with Crippen molar-refractivity contribution in [1.29, 1.82) is 0 Å². The summed E-state index contributed by atoms with van der Waals surface area (Å²) in [5.41, 5.74) is -2.13. The molecule has 0 bridgehead atoms. The third-order valence-corrected chi connectivity index (χ3v) is 10.0. The highest BCUT2D eigenvalue weighted by molar-refractivity contribution is 5.98. The number of hydrogen-bond acceptors (Lipinski definition) is 10. The highest BCUT2D eigenvalue weighted by Crippen LogP contribution is 2.70. The number of fused-ring (bicyclic) bond motifs is 5. The number of Topliss-reactive ketones (excluding diaryl/α,β-unsaturated/α-hetero) is 1. The lowest BCUT2D eigenvalue weighted by atomic mass is 9.37. The zero-order valence-electron chi connectivity index (χ0n) is 24.0. The summed E-state index contributed by atoms with van der Waals surface area (Å²) in [5.74, 6) is -3.59. The molecular weight excluding hydrogens is 508 g/mol. The number of esters is 4. The number of rotatable bonds is 5. The molecule has 10 nitrogen and oxygen atoms in total. The number of ether oxygens (including phenoxy) is 5. The Labute approximate surface area is 229 Å². The van der Waals surface area contributed by atoms with E-state index in [0.29, 0.717) is 25.0 Å². The first-order valence-corrected chi connectivity index (χ1v) is 13.6. The molecule has 4 rings (SSSR count).